The van der Waals surface area contributed by atoms with E-state index in [4.69, 9.17) is 27.9 Å². The number of hydrogen-bond acceptors (Lipinski definition) is 5. The van der Waals surface area contributed by atoms with Crippen LogP contribution in [-0.4, -0.2) is 19.4 Å². The summed E-state index contributed by atoms with van der Waals surface area (Å²) < 4.78 is 61.5. The van der Waals surface area contributed by atoms with Gasteiger partial charge in [0.25, 0.3) is 10.0 Å². The molecular weight excluding hydrogens is 473 g/mol. The standard InChI is InChI=1S/C19H12Cl2F2N4O3S/c20-10-4-1-2-6-15(10)30-17-11(21)8-13(23)18-16(17)26-19(27-31(18,28)29)25-9-14-12(22)5-3-7-24-14/h1-8H,9H2,(H2,25,26,27). The SMILES string of the molecule is O=S1(=O)NC(=NCc2ncccc2F)Nc2c(Oc3ccccc3Cl)c(Cl)cc(F)c21. The molecule has 4 rings (SSSR count). The molecule has 0 aliphatic carbocycles. The van der Waals surface area contributed by atoms with Crippen molar-refractivity contribution in [1.82, 2.24) is 9.71 Å². The lowest BCUT2D eigenvalue weighted by molar-refractivity contribution is 0.479. The molecule has 1 aliphatic rings. The summed E-state index contributed by atoms with van der Waals surface area (Å²) in [6.45, 7) is -0.281. The van der Waals surface area contributed by atoms with Crippen molar-refractivity contribution in [2.24, 2.45) is 4.99 Å². The minimum Gasteiger partial charge on any atom is -0.452 e. The van der Waals surface area contributed by atoms with Gasteiger partial charge in [0.1, 0.15) is 23.1 Å². The van der Waals surface area contributed by atoms with Crippen LogP contribution in [0.25, 0.3) is 0 Å². The lowest BCUT2D eigenvalue weighted by Crippen LogP contribution is -2.41. The second-order valence-electron chi connectivity index (χ2n) is 6.23. The van der Waals surface area contributed by atoms with E-state index in [2.05, 4.69) is 20.0 Å². The number of pyridine rings is 1. The molecule has 0 atom stereocenters. The molecule has 2 N–H and O–H groups in total. The number of sulfonamides is 1. The summed E-state index contributed by atoms with van der Waals surface area (Å²) in [7, 11) is -4.38. The number of nitrogens with one attached hydrogen (secondary N) is 2. The Morgan fingerprint density at radius 3 is 2.58 bits per heavy atom. The molecule has 31 heavy (non-hydrogen) atoms. The maximum Gasteiger partial charge on any atom is 0.269 e. The Kier molecular flexibility index (Phi) is 5.69. The van der Waals surface area contributed by atoms with Gasteiger partial charge in [0.15, 0.2) is 10.6 Å². The van der Waals surface area contributed by atoms with Crippen LogP contribution in [0.5, 0.6) is 11.5 Å². The second kappa shape index (κ2) is 8.29. The number of nitrogens with zero attached hydrogens (tertiary/aromatic N) is 2. The van der Waals surface area contributed by atoms with E-state index in [9.17, 15) is 17.2 Å². The van der Waals surface area contributed by atoms with Crippen molar-refractivity contribution >= 4 is 44.9 Å². The number of halogens is 4. The van der Waals surface area contributed by atoms with Gasteiger partial charge in [-0.2, -0.15) is 0 Å². The Hall–Kier alpha value is -2.95. The van der Waals surface area contributed by atoms with Crippen molar-refractivity contribution in [3.63, 3.8) is 0 Å². The summed E-state index contributed by atoms with van der Waals surface area (Å²) in [5.74, 6) is -1.99. The number of ether oxygens (including phenoxy) is 1. The zero-order valence-corrected chi connectivity index (χ0v) is 17.7. The van der Waals surface area contributed by atoms with Crippen LogP contribution >= 0.6 is 23.2 Å². The first-order valence-corrected chi connectivity index (χ1v) is 10.9. The third-order valence-corrected chi connectivity index (χ3v) is 6.15. The third-order valence-electron chi connectivity index (χ3n) is 4.15. The number of para-hydroxylation sites is 1. The molecule has 0 radical (unpaired) electrons. The highest BCUT2D eigenvalue weighted by Gasteiger charge is 2.35. The largest absolute Gasteiger partial charge is 0.452 e. The van der Waals surface area contributed by atoms with Crippen LogP contribution in [0, 0.1) is 11.6 Å². The van der Waals surface area contributed by atoms with Gasteiger partial charge >= 0.3 is 0 Å². The van der Waals surface area contributed by atoms with Crippen LogP contribution in [0.3, 0.4) is 0 Å². The van der Waals surface area contributed by atoms with Gasteiger partial charge in [0.2, 0.25) is 5.96 Å². The van der Waals surface area contributed by atoms with Crippen LogP contribution < -0.4 is 14.8 Å². The predicted octanol–water partition coefficient (Wildman–Crippen LogP) is 4.72. The number of benzene rings is 2. The zero-order chi connectivity index (χ0) is 22.2. The monoisotopic (exact) mass is 484 g/mol. The Morgan fingerprint density at radius 2 is 1.84 bits per heavy atom. The number of hydrogen-bond donors (Lipinski definition) is 2. The minimum absolute atomic E-state index is 0.00777. The Morgan fingerprint density at radius 1 is 1.06 bits per heavy atom. The molecule has 0 saturated carbocycles. The highest BCUT2D eigenvalue weighted by atomic mass is 35.5. The van der Waals surface area contributed by atoms with Crippen molar-refractivity contribution < 1.29 is 21.9 Å². The third kappa shape index (κ3) is 4.27. The van der Waals surface area contributed by atoms with E-state index in [0.717, 1.165) is 6.07 Å². The molecular formula is C19H12Cl2F2N4O3S. The summed E-state index contributed by atoms with van der Waals surface area (Å²) in [6.07, 6.45) is 1.37. The molecule has 0 spiro atoms. The van der Waals surface area contributed by atoms with Crippen molar-refractivity contribution in [3.8, 4) is 11.5 Å². The molecule has 0 unspecified atom stereocenters. The van der Waals surface area contributed by atoms with Gasteiger partial charge < -0.3 is 10.1 Å². The topological polar surface area (TPSA) is 92.7 Å². The highest BCUT2D eigenvalue weighted by molar-refractivity contribution is 7.90. The van der Waals surface area contributed by atoms with Crippen LogP contribution in [0.1, 0.15) is 5.69 Å². The van der Waals surface area contributed by atoms with Crippen molar-refractivity contribution in [2.75, 3.05) is 5.32 Å². The van der Waals surface area contributed by atoms with Crippen molar-refractivity contribution in [3.05, 3.63) is 76.0 Å². The quantitative estimate of drug-likeness (QED) is 0.558. The molecule has 12 heteroatoms. The van der Waals surface area contributed by atoms with Crippen LogP contribution in [-0.2, 0) is 16.6 Å². The van der Waals surface area contributed by atoms with Gasteiger partial charge in [0.05, 0.1) is 22.3 Å². The van der Waals surface area contributed by atoms with Crippen molar-refractivity contribution in [1.29, 1.82) is 0 Å². The van der Waals surface area contributed by atoms with Gasteiger partial charge in [-0.1, -0.05) is 35.3 Å². The maximum atomic E-state index is 14.5. The van der Waals surface area contributed by atoms with Crippen LogP contribution in [0.15, 0.2) is 58.5 Å². The van der Waals surface area contributed by atoms with E-state index in [-0.39, 0.29) is 45.4 Å². The smallest absolute Gasteiger partial charge is 0.269 e. The lowest BCUT2D eigenvalue weighted by Gasteiger charge is -2.25. The van der Waals surface area contributed by atoms with Gasteiger partial charge in [0, 0.05) is 6.20 Å². The molecule has 2 aromatic carbocycles. The van der Waals surface area contributed by atoms with E-state index >= 15 is 0 Å². The van der Waals surface area contributed by atoms with Crippen molar-refractivity contribution in [2.45, 2.75) is 11.4 Å². The Balaban J connectivity index is 1.78. The highest BCUT2D eigenvalue weighted by Crippen LogP contribution is 2.44. The lowest BCUT2D eigenvalue weighted by atomic mass is 10.2. The first-order chi connectivity index (χ1) is 14.8. The van der Waals surface area contributed by atoms with E-state index in [1.807, 2.05) is 0 Å². The summed E-state index contributed by atoms with van der Waals surface area (Å²) in [5.41, 5.74) is -0.282. The molecule has 0 amide bonds. The van der Waals surface area contributed by atoms with E-state index in [0.29, 0.717) is 0 Å². The fourth-order valence-electron chi connectivity index (χ4n) is 2.78. The fraction of sp³-hybridized carbons (Fsp3) is 0.0526. The Labute approximate surface area is 185 Å². The van der Waals surface area contributed by atoms with Gasteiger partial charge in [-0.3, -0.25) is 4.98 Å². The number of aliphatic imine (C=N–C) groups is 1. The number of aromatic nitrogens is 1. The van der Waals surface area contributed by atoms with Crippen LogP contribution in [0.4, 0.5) is 14.5 Å². The number of guanidine groups is 1. The zero-order valence-electron chi connectivity index (χ0n) is 15.4. The summed E-state index contributed by atoms with van der Waals surface area (Å²) in [6, 6.07) is 9.83. The first kappa shape index (κ1) is 21.3. The molecule has 0 bridgehead atoms. The number of fused-ring (bicyclic) bond motifs is 1. The van der Waals surface area contributed by atoms with Gasteiger partial charge in [-0.05, 0) is 30.3 Å². The minimum atomic E-state index is -4.38. The molecule has 1 aliphatic heterocycles. The molecule has 0 saturated heterocycles. The molecule has 3 aromatic rings. The summed E-state index contributed by atoms with van der Waals surface area (Å²) in [5, 5.41) is 2.68. The molecule has 160 valence electrons. The van der Waals surface area contributed by atoms with Gasteiger partial charge in [-0.15, -0.1) is 0 Å². The molecule has 2 heterocycles. The summed E-state index contributed by atoms with van der Waals surface area (Å²) >= 11 is 12.2. The second-order valence-corrected chi connectivity index (χ2v) is 8.67. The maximum absolute atomic E-state index is 14.5. The average Bonchev–Trinajstić information content (AvgIpc) is 2.70. The number of anilines is 1. The first-order valence-electron chi connectivity index (χ1n) is 8.64. The van der Waals surface area contributed by atoms with E-state index < -0.39 is 26.6 Å². The predicted molar refractivity (Wildman–Crippen MR) is 112 cm³/mol. The fourth-order valence-corrected chi connectivity index (χ4v) is 4.38. The average molecular weight is 485 g/mol. The van der Waals surface area contributed by atoms with Gasteiger partial charge in [-0.25, -0.2) is 26.9 Å². The normalized spacial score (nSPS) is 15.7. The molecule has 7 nitrogen and oxygen atoms in total. The Bertz CT molecular complexity index is 1320. The van der Waals surface area contributed by atoms with Crippen LogP contribution in [0.2, 0.25) is 10.0 Å². The molecule has 1 aromatic heterocycles. The van der Waals surface area contributed by atoms with E-state index in [1.165, 1.54) is 24.4 Å². The molecule has 0 fully saturated rings. The number of rotatable bonds is 4. The van der Waals surface area contributed by atoms with E-state index in [1.54, 1.807) is 18.2 Å². The summed E-state index contributed by atoms with van der Waals surface area (Å²) in [4.78, 5) is 7.14.